The first-order valence-electron chi connectivity index (χ1n) is 25.2. The minimum absolute atomic E-state index is 0.0486. The van der Waals surface area contributed by atoms with Gasteiger partial charge in [-0.25, -0.2) is 0 Å². The quantitative estimate of drug-likeness (QED) is 0.243. The third kappa shape index (κ3) is 8.67. The zero-order chi connectivity index (χ0) is 51.4. The van der Waals surface area contributed by atoms with Crippen LogP contribution in [0.5, 0.6) is 0 Å². The number of hydrogen-bond donors (Lipinski definition) is 2. The molecule has 2 heterocycles. The van der Waals surface area contributed by atoms with Crippen molar-refractivity contribution in [3.63, 3.8) is 0 Å². The van der Waals surface area contributed by atoms with Gasteiger partial charge in [0.1, 0.15) is 12.2 Å². The van der Waals surface area contributed by atoms with Crippen molar-refractivity contribution in [3.05, 3.63) is 0 Å². The number of unbranched alkanes of at least 4 members (excludes halogenated alkanes) is 5. The van der Waals surface area contributed by atoms with Crippen molar-refractivity contribution in [1.29, 1.82) is 0 Å². The summed E-state index contributed by atoms with van der Waals surface area (Å²) in [5, 5.41) is 20.4. The van der Waals surface area contributed by atoms with Crippen LogP contribution >= 0.6 is 0 Å². The maximum Gasteiger partial charge on any atom is 0.306 e. The van der Waals surface area contributed by atoms with Gasteiger partial charge < -0.3 is 19.9 Å². The van der Waals surface area contributed by atoms with Gasteiger partial charge in [0.15, 0.2) is 0 Å². The number of ether oxygens (including phenoxy) is 2. The molecule has 0 saturated carbocycles. The van der Waals surface area contributed by atoms with Crippen molar-refractivity contribution in [2.24, 2.45) is 0 Å². The highest BCUT2D eigenvalue weighted by Gasteiger charge is 2.47. The zero-order valence-electron chi connectivity index (χ0n) is 48.1. The average Bonchev–Trinajstić information content (AvgIpc) is 3.03. The molecule has 2 aliphatic rings. The Morgan fingerprint density at radius 3 is 1.39 bits per heavy atom. The Morgan fingerprint density at radius 2 is 1.03 bits per heavy atom. The normalized spacial score (nSPS) is 53.3. The minimum Gasteiger partial charge on any atom is -0.462 e. The van der Waals surface area contributed by atoms with Gasteiger partial charge in [-0.3, -0.25) is 9.59 Å². The van der Waals surface area contributed by atoms with Gasteiger partial charge in [-0.05, 0) is 67.8 Å². The largest absolute Gasteiger partial charge is 0.462 e. The summed E-state index contributed by atoms with van der Waals surface area (Å²) in [6, 6.07) is 0. The second-order valence-corrected chi connectivity index (χ2v) is 8.92. The van der Waals surface area contributed by atoms with E-state index in [9.17, 15) is 20.0 Å². The minimum atomic E-state index is -4.75. The maximum atomic E-state index is 13.2. The summed E-state index contributed by atoms with van der Waals surface area (Å²) in [5.41, 5.74) is -16.2. The molecule has 0 aliphatic carbocycles. The van der Waals surface area contributed by atoms with Gasteiger partial charge in [0, 0.05) is 96.1 Å². The molecular weight excluding hydrogens is 460 g/mol. The zero-order valence-corrected chi connectivity index (χ0v) is 20.1. The van der Waals surface area contributed by atoms with Crippen molar-refractivity contribution < 1.29 is 67.9 Å². The van der Waals surface area contributed by atoms with Crippen LogP contribution in [0.15, 0.2) is 0 Å². The molecule has 2 rings (SSSR count). The van der Waals surface area contributed by atoms with E-state index in [0.29, 0.717) is 13.8 Å². The summed E-state index contributed by atoms with van der Waals surface area (Å²) in [7, 11) is 0. The van der Waals surface area contributed by atoms with Crippen LogP contribution < -0.4 is 0 Å². The first kappa shape index (κ1) is 9.76. The van der Waals surface area contributed by atoms with Gasteiger partial charge in [0.25, 0.3) is 0 Å². The van der Waals surface area contributed by atoms with Gasteiger partial charge in [-0.15, -0.1) is 0 Å². The standard InChI is InChI=1S/C28H52N2O6/c1-25(2)17-21(18-26(3,4)29(25)33)35-23(31)15-13-11-9-10-12-14-16-24(32)36-22-19-27(5,6)30(34)28(7,8)20-22/h21-22,33-34H,9-20H2,1-8H3/i1D3,2D3,3D3,4D3,5D3,7D3,17D2,18D2,19D2,20D2,21D,22D. The molecule has 2 fully saturated rings. The van der Waals surface area contributed by atoms with Crippen LogP contribution in [0, 0.1) is 0 Å². The number of nitrogens with zero attached hydrogens (tertiary/aromatic N) is 2. The van der Waals surface area contributed by atoms with Crippen LogP contribution in [0.3, 0.4) is 0 Å². The van der Waals surface area contributed by atoms with Crippen LogP contribution in [0.1, 0.15) is 170 Å². The van der Waals surface area contributed by atoms with Gasteiger partial charge in [0.2, 0.25) is 0 Å². The highest BCUT2D eigenvalue weighted by atomic mass is 16.6. The van der Waals surface area contributed by atoms with Crippen LogP contribution in [0.25, 0.3) is 0 Å². The van der Waals surface area contributed by atoms with E-state index < -0.39 is 136 Å². The van der Waals surface area contributed by atoms with Gasteiger partial charge >= 0.3 is 11.9 Å². The molecule has 2 saturated heterocycles. The molecule has 2 N–H and O–H groups in total. The molecule has 0 aromatic heterocycles. The number of carbonyl (C=O) groups is 2. The predicted molar refractivity (Wildman–Crippen MR) is 139 cm³/mol. The van der Waals surface area contributed by atoms with Crippen molar-refractivity contribution >= 4 is 11.9 Å². The summed E-state index contributed by atoms with van der Waals surface area (Å²) in [6.45, 7) is -24.2. The lowest BCUT2D eigenvalue weighted by Gasteiger charge is -2.50. The number of hydroxylamine groups is 4. The molecular formula is C28H52N2O6. The Morgan fingerprint density at radius 1 is 0.722 bits per heavy atom. The van der Waals surface area contributed by atoms with Crippen LogP contribution in [0.2, 0.25) is 0 Å². The molecule has 0 radical (unpaired) electrons. The first-order valence-corrected chi connectivity index (χ1v) is 11.2. The maximum absolute atomic E-state index is 13.2. The van der Waals surface area contributed by atoms with Gasteiger partial charge in [0.05, 0.1) is 2.74 Å². The van der Waals surface area contributed by atoms with E-state index in [1.165, 1.54) is 0 Å². The molecule has 0 spiro atoms. The third-order valence-corrected chi connectivity index (χ3v) is 5.23. The van der Waals surface area contributed by atoms with Crippen molar-refractivity contribution in [2.75, 3.05) is 0 Å². The number of rotatable bonds is 11. The molecule has 2 aliphatic heterocycles. The number of carbonyl (C=O) groups excluding carboxylic acids is 2. The Labute approximate surface area is 257 Å². The lowest BCUT2D eigenvalue weighted by molar-refractivity contribution is -0.259. The molecule has 0 bridgehead atoms. The predicted octanol–water partition coefficient (Wildman–Crippen LogP) is 6.02. The Kier molecular flexibility index (Phi) is 3.28. The highest BCUT2D eigenvalue weighted by Crippen LogP contribution is 2.39. The van der Waals surface area contributed by atoms with Crippen LogP contribution in [-0.4, -0.2) is 66.8 Å². The molecule has 8 heteroatoms. The van der Waals surface area contributed by atoms with E-state index in [4.69, 9.17) is 47.9 Å². The SMILES string of the molecule is [2H]C([2H])([2H])C1(C)N(O)C(C)(C([2H])([2H])[2H])C([2H])([2H])C([2H])(OC(=O)CCCCCCCCC(=O)OC2([2H])C([2H])([2H])C(C([2H])([2H])[2H])(C([2H])([2H])[2H])N(O)C(C([2H])([2H])[2H])(C([2H])([2H])[2H])C2([2H])[2H])C1([2H])[2H]. The van der Waals surface area contributed by atoms with E-state index >= 15 is 0 Å². The second kappa shape index (κ2) is 12.1. The topological polar surface area (TPSA) is 99.5 Å². The van der Waals surface area contributed by atoms with E-state index in [1.54, 1.807) is 0 Å². The lowest BCUT2D eigenvalue weighted by atomic mass is 9.80. The Balaban J connectivity index is 2.29. The average molecular weight is 541 g/mol. The molecule has 2 atom stereocenters. The summed E-state index contributed by atoms with van der Waals surface area (Å²) in [5.74, 6) is -3.19. The van der Waals surface area contributed by atoms with Gasteiger partial charge in [-0.1, -0.05) is 25.7 Å². The van der Waals surface area contributed by atoms with Crippen molar-refractivity contribution in [1.82, 2.24) is 10.1 Å². The summed E-state index contributed by atoms with van der Waals surface area (Å²) in [6.07, 6.45) is -26.7. The first-order chi connectivity index (χ1) is 27.8. The number of piperidine rings is 2. The second-order valence-electron chi connectivity index (χ2n) is 8.92. The van der Waals surface area contributed by atoms with Crippen LogP contribution in [0.4, 0.5) is 0 Å². The highest BCUT2D eigenvalue weighted by molar-refractivity contribution is 5.69. The fraction of sp³-hybridized carbons (Fsp3) is 0.929. The Hall–Kier alpha value is -1.22. The Bertz CT molecular complexity index is 1610. The van der Waals surface area contributed by atoms with Crippen LogP contribution in [-0.2, 0) is 19.1 Å². The van der Waals surface area contributed by atoms with E-state index in [2.05, 4.69) is 0 Å². The lowest BCUT2D eigenvalue weighted by Crippen LogP contribution is -2.60. The molecule has 0 aromatic carbocycles. The van der Waals surface area contributed by atoms with E-state index in [1.807, 2.05) is 0 Å². The number of hydrogen-bond acceptors (Lipinski definition) is 8. The fourth-order valence-corrected chi connectivity index (χ4v) is 3.42. The molecule has 0 amide bonds. The molecule has 210 valence electrons. The van der Waals surface area contributed by atoms with Gasteiger partial charge in [-0.2, -0.15) is 10.1 Å². The summed E-state index contributed by atoms with van der Waals surface area (Å²) < 4.78 is 240. The third-order valence-electron chi connectivity index (χ3n) is 5.23. The molecule has 36 heavy (non-hydrogen) atoms. The fourth-order valence-electron chi connectivity index (χ4n) is 3.42. The van der Waals surface area contributed by atoms with Crippen molar-refractivity contribution in [3.8, 4) is 0 Å². The van der Waals surface area contributed by atoms with E-state index in [-0.39, 0.29) is 38.5 Å². The van der Waals surface area contributed by atoms with E-state index in [0.717, 1.165) is 0 Å². The molecule has 0 aromatic rings. The van der Waals surface area contributed by atoms with Crippen molar-refractivity contribution in [2.45, 2.75) is 166 Å². The summed E-state index contributed by atoms with van der Waals surface area (Å²) in [4.78, 5) is 26.2. The monoisotopic (exact) mass is 541 g/mol. The smallest absolute Gasteiger partial charge is 0.306 e. The molecule has 2 unspecified atom stereocenters. The molecule has 8 nitrogen and oxygen atoms in total. The number of esters is 2. The summed E-state index contributed by atoms with van der Waals surface area (Å²) >= 11 is 0.